The molecule has 0 amide bonds. The number of rotatable bonds is 5. The maximum absolute atomic E-state index is 12.6. The lowest BCUT2D eigenvalue weighted by molar-refractivity contribution is 0.403. The van der Waals surface area contributed by atoms with Crippen molar-refractivity contribution in [1.29, 1.82) is 0 Å². The highest BCUT2D eigenvalue weighted by atomic mass is 32.2. The van der Waals surface area contributed by atoms with Gasteiger partial charge in [-0.3, -0.25) is 4.72 Å². The van der Waals surface area contributed by atoms with E-state index in [2.05, 4.69) is 9.71 Å². The second-order valence-corrected chi connectivity index (χ2v) is 7.26. The Hall–Kier alpha value is -2.32. The number of sulfonamides is 1. The van der Waals surface area contributed by atoms with Gasteiger partial charge in [-0.1, -0.05) is 29.5 Å². The van der Waals surface area contributed by atoms with Gasteiger partial charge in [0.2, 0.25) is 0 Å². The van der Waals surface area contributed by atoms with Crippen molar-refractivity contribution in [1.82, 2.24) is 4.98 Å². The number of aromatic nitrogens is 1. The molecule has 3 rings (SSSR count). The second kappa shape index (κ2) is 6.05. The molecule has 3 aromatic rings. The third kappa shape index (κ3) is 2.95. The summed E-state index contributed by atoms with van der Waals surface area (Å²) in [6.07, 6.45) is 0. The summed E-state index contributed by atoms with van der Waals surface area (Å²) in [4.78, 5) is 4.38. The van der Waals surface area contributed by atoms with Crippen LogP contribution in [0, 0.1) is 0 Å². The summed E-state index contributed by atoms with van der Waals surface area (Å²) in [6.45, 7) is 0. The normalized spacial score (nSPS) is 11.4. The van der Waals surface area contributed by atoms with Crippen LogP contribution in [0.2, 0.25) is 0 Å². The van der Waals surface area contributed by atoms with Crippen LogP contribution in [-0.2, 0) is 10.0 Å². The molecule has 2 aromatic carbocycles. The van der Waals surface area contributed by atoms with Crippen molar-refractivity contribution < 1.29 is 17.9 Å². The van der Waals surface area contributed by atoms with E-state index in [9.17, 15) is 8.42 Å². The summed E-state index contributed by atoms with van der Waals surface area (Å²) in [6, 6.07) is 11.9. The lowest BCUT2D eigenvalue weighted by Crippen LogP contribution is -2.13. The number of methoxy groups -OCH3 is 2. The Bertz CT molecular complexity index is 951. The molecule has 0 saturated heterocycles. The summed E-state index contributed by atoms with van der Waals surface area (Å²) >= 11 is 1.24. The topological polar surface area (TPSA) is 77.5 Å². The number of anilines is 1. The Labute approximate surface area is 137 Å². The van der Waals surface area contributed by atoms with Crippen LogP contribution in [0.3, 0.4) is 0 Å². The Morgan fingerprint density at radius 1 is 1.00 bits per heavy atom. The van der Waals surface area contributed by atoms with E-state index in [0.29, 0.717) is 11.3 Å². The van der Waals surface area contributed by atoms with Crippen LogP contribution in [0.15, 0.2) is 47.4 Å². The SMILES string of the molecule is COc1ccccc1S(=O)(=O)Nc1nc2c(OC)cccc2s1. The molecule has 6 nitrogen and oxygen atoms in total. The molecule has 0 aliphatic carbocycles. The molecule has 0 unspecified atom stereocenters. The van der Waals surface area contributed by atoms with Gasteiger partial charge in [-0.25, -0.2) is 13.4 Å². The van der Waals surface area contributed by atoms with Gasteiger partial charge in [0.05, 0.1) is 18.9 Å². The molecule has 0 spiro atoms. The van der Waals surface area contributed by atoms with Gasteiger partial charge in [-0.15, -0.1) is 0 Å². The fraction of sp³-hybridized carbons (Fsp3) is 0.133. The molecule has 0 radical (unpaired) electrons. The van der Waals surface area contributed by atoms with Crippen LogP contribution in [0.5, 0.6) is 11.5 Å². The standard InChI is InChI=1S/C15H14N2O4S2/c1-20-10-6-3-4-9-13(10)23(18,19)17-15-16-14-11(21-2)7-5-8-12(14)22-15/h3-9H,1-2H3,(H,16,17). The average Bonchev–Trinajstić information content (AvgIpc) is 2.96. The molecule has 0 atom stereocenters. The summed E-state index contributed by atoms with van der Waals surface area (Å²) in [7, 11) is -0.815. The van der Waals surface area contributed by atoms with Gasteiger partial charge in [-0.2, -0.15) is 0 Å². The number of ether oxygens (including phenoxy) is 2. The summed E-state index contributed by atoms with van der Waals surface area (Å²) in [5.74, 6) is 0.875. The fourth-order valence-electron chi connectivity index (χ4n) is 2.14. The van der Waals surface area contributed by atoms with Gasteiger partial charge in [0.15, 0.2) is 5.13 Å². The van der Waals surface area contributed by atoms with Crippen LogP contribution in [0.25, 0.3) is 10.2 Å². The lowest BCUT2D eigenvalue weighted by atomic mass is 10.3. The Morgan fingerprint density at radius 2 is 1.70 bits per heavy atom. The molecule has 0 aliphatic heterocycles. The fourth-order valence-corrected chi connectivity index (χ4v) is 4.43. The number of para-hydroxylation sites is 2. The molecule has 23 heavy (non-hydrogen) atoms. The molecule has 8 heteroatoms. The maximum Gasteiger partial charge on any atom is 0.267 e. The minimum atomic E-state index is -3.79. The predicted octanol–water partition coefficient (Wildman–Crippen LogP) is 3.11. The first kappa shape index (κ1) is 15.6. The minimum Gasteiger partial charge on any atom is -0.495 e. The van der Waals surface area contributed by atoms with E-state index in [4.69, 9.17) is 9.47 Å². The molecule has 0 aliphatic rings. The van der Waals surface area contributed by atoms with Crippen LogP contribution in [0.4, 0.5) is 5.13 Å². The molecule has 1 aromatic heterocycles. The quantitative estimate of drug-likeness (QED) is 0.765. The first-order valence-corrected chi connectivity index (χ1v) is 8.94. The Morgan fingerprint density at radius 3 is 2.43 bits per heavy atom. The number of fused-ring (bicyclic) bond motifs is 1. The number of hydrogen-bond acceptors (Lipinski definition) is 6. The number of thiazole rings is 1. The van der Waals surface area contributed by atoms with Gasteiger partial charge < -0.3 is 9.47 Å². The summed E-state index contributed by atoms with van der Waals surface area (Å²) < 4.78 is 38.8. The summed E-state index contributed by atoms with van der Waals surface area (Å²) in [5, 5.41) is 0.274. The molecule has 0 bridgehead atoms. The molecular formula is C15H14N2O4S2. The highest BCUT2D eigenvalue weighted by molar-refractivity contribution is 7.93. The van der Waals surface area contributed by atoms with Crippen LogP contribution in [0.1, 0.15) is 0 Å². The Kier molecular flexibility index (Phi) is 4.10. The number of nitrogens with one attached hydrogen (secondary N) is 1. The third-order valence-corrected chi connectivity index (χ3v) is 5.63. The van der Waals surface area contributed by atoms with Gasteiger partial charge in [-0.05, 0) is 24.3 Å². The zero-order valence-electron chi connectivity index (χ0n) is 12.4. The molecular weight excluding hydrogens is 336 g/mol. The minimum absolute atomic E-state index is 0.0636. The van der Waals surface area contributed by atoms with Crippen LogP contribution in [-0.4, -0.2) is 27.6 Å². The maximum atomic E-state index is 12.6. The molecule has 0 saturated carbocycles. The van der Waals surface area contributed by atoms with Crippen molar-refractivity contribution >= 4 is 36.7 Å². The van der Waals surface area contributed by atoms with Crippen molar-refractivity contribution in [2.45, 2.75) is 4.90 Å². The number of hydrogen-bond donors (Lipinski definition) is 1. The van der Waals surface area contributed by atoms with Crippen molar-refractivity contribution in [2.75, 3.05) is 18.9 Å². The molecule has 1 heterocycles. The van der Waals surface area contributed by atoms with E-state index >= 15 is 0 Å². The van der Waals surface area contributed by atoms with E-state index in [1.807, 2.05) is 12.1 Å². The van der Waals surface area contributed by atoms with Crippen molar-refractivity contribution in [3.63, 3.8) is 0 Å². The van der Waals surface area contributed by atoms with Crippen molar-refractivity contribution in [2.24, 2.45) is 0 Å². The van der Waals surface area contributed by atoms with Crippen molar-refractivity contribution in [3.05, 3.63) is 42.5 Å². The van der Waals surface area contributed by atoms with Crippen molar-refractivity contribution in [3.8, 4) is 11.5 Å². The Balaban J connectivity index is 2.01. The van der Waals surface area contributed by atoms with Crippen LogP contribution >= 0.6 is 11.3 Å². The molecule has 1 N–H and O–H groups in total. The molecule has 120 valence electrons. The number of benzene rings is 2. The third-order valence-electron chi connectivity index (χ3n) is 3.18. The van der Waals surface area contributed by atoms with Gasteiger partial charge in [0.25, 0.3) is 10.0 Å². The van der Waals surface area contributed by atoms with Crippen LogP contribution < -0.4 is 14.2 Å². The first-order chi connectivity index (χ1) is 11.0. The highest BCUT2D eigenvalue weighted by Gasteiger charge is 2.21. The monoisotopic (exact) mass is 350 g/mol. The van der Waals surface area contributed by atoms with E-state index in [0.717, 1.165) is 4.70 Å². The average molecular weight is 350 g/mol. The van der Waals surface area contributed by atoms with E-state index in [1.165, 1.54) is 24.5 Å². The lowest BCUT2D eigenvalue weighted by Gasteiger charge is -2.09. The van der Waals surface area contributed by atoms with Gasteiger partial charge in [0.1, 0.15) is 21.9 Å². The van der Waals surface area contributed by atoms with E-state index in [-0.39, 0.29) is 15.8 Å². The van der Waals surface area contributed by atoms with Gasteiger partial charge >= 0.3 is 0 Å². The summed E-state index contributed by atoms with van der Waals surface area (Å²) in [5.41, 5.74) is 0.623. The largest absolute Gasteiger partial charge is 0.495 e. The smallest absolute Gasteiger partial charge is 0.267 e. The zero-order valence-corrected chi connectivity index (χ0v) is 14.1. The zero-order chi connectivity index (χ0) is 16.4. The van der Waals surface area contributed by atoms with E-state index < -0.39 is 10.0 Å². The highest BCUT2D eigenvalue weighted by Crippen LogP contribution is 2.34. The predicted molar refractivity (Wildman–Crippen MR) is 90.0 cm³/mol. The van der Waals surface area contributed by atoms with E-state index in [1.54, 1.807) is 31.4 Å². The van der Waals surface area contributed by atoms with Gasteiger partial charge in [0, 0.05) is 0 Å². The first-order valence-electron chi connectivity index (χ1n) is 6.64. The molecule has 0 fully saturated rings. The second-order valence-electron chi connectivity index (χ2n) is 4.58. The number of nitrogens with zero attached hydrogens (tertiary/aromatic N) is 1.